The predicted octanol–water partition coefficient (Wildman–Crippen LogP) is 2.62. The van der Waals surface area contributed by atoms with Crippen molar-refractivity contribution in [3.8, 4) is 0 Å². The largest absolute Gasteiger partial charge is 0.393 e. The molecule has 1 heterocycles. The maximum Gasteiger partial charge on any atom is 0.252 e. The maximum atomic E-state index is 11.8. The summed E-state index contributed by atoms with van der Waals surface area (Å²) in [7, 11) is 1.74. The van der Waals surface area contributed by atoms with E-state index in [1.165, 1.54) is 17.3 Å². The van der Waals surface area contributed by atoms with E-state index in [1.807, 2.05) is 6.07 Å². The van der Waals surface area contributed by atoms with Crippen molar-refractivity contribution in [2.75, 3.05) is 12.4 Å². The number of nitrogens with two attached hydrogens (primary N) is 1. The van der Waals surface area contributed by atoms with Crippen molar-refractivity contribution in [2.45, 2.75) is 20.4 Å². The van der Waals surface area contributed by atoms with Crippen LogP contribution in [0.15, 0.2) is 36.7 Å². The number of amides is 1. The number of aromatic nitrogens is 1. The molecule has 0 radical (unpaired) electrons. The SMILES string of the molecule is CN/C=C(\C=N)c1cnc(NCc2ccc(C)c(C)c2)c(C(N)=O)c1. The number of primary amides is 1. The zero-order valence-corrected chi connectivity index (χ0v) is 14.7. The summed E-state index contributed by atoms with van der Waals surface area (Å²) in [4.78, 5) is 16.1. The Bertz CT molecular complexity index is 827. The molecule has 0 atom stereocenters. The van der Waals surface area contributed by atoms with Crippen LogP contribution in [0.3, 0.4) is 0 Å². The molecule has 0 bridgehead atoms. The number of rotatable bonds is 7. The van der Waals surface area contributed by atoms with Gasteiger partial charge in [0, 0.05) is 43.3 Å². The van der Waals surface area contributed by atoms with Gasteiger partial charge in [0.15, 0.2) is 0 Å². The first-order chi connectivity index (χ1) is 12.0. The molecule has 0 unspecified atom stereocenters. The molecule has 0 aliphatic rings. The van der Waals surface area contributed by atoms with Crippen LogP contribution in [0.25, 0.3) is 5.57 Å². The Morgan fingerprint density at radius 3 is 2.64 bits per heavy atom. The summed E-state index contributed by atoms with van der Waals surface area (Å²) in [6.07, 6.45) is 4.47. The molecule has 2 rings (SSSR count). The average molecular weight is 337 g/mol. The van der Waals surface area contributed by atoms with Gasteiger partial charge >= 0.3 is 0 Å². The Balaban J connectivity index is 2.28. The van der Waals surface area contributed by atoms with E-state index in [9.17, 15) is 4.79 Å². The van der Waals surface area contributed by atoms with Gasteiger partial charge in [0.25, 0.3) is 5.91 Å². The molecular weight excluding hydrogens is 314 g/mol. The molecule has 6 heteroatoms. The number of benzene rings is 1. The van der Waals surface area contributed by atoms with Crippen molar-refractivity contribution < 1.29 is 4.79 Å². The number of anilines is 1. The number of carbonyl (C=O) groups excluding carboxylic acids is 1. The summed E-state index contributed by atoms with van der Waals surface area (Å²) in [6.45, 7) is 4.67. The first kappa shape index (κ1) is 18.2. The van der Waals surface area contributed by atoms with Crippen LogP contribution in [-0.4, -0.2) is 24.2 Å². The molecule has 25 heavy (non-hydrogen) atoms. The molecular formula is C19H23N5O. The van der Waals surface area contributed by atoms with E-state index in [1.54, 1.807) is 25.5 Å². The van der Waals surface area contributed by atoms with E-state index in [0.717, 1.165) is 5.56 Å². The third-order valence-corrected chi connectivity index (χ3v) is 3.97. The van der Waals surface area contributed by atoms with E-state index < -0.39 is 5.91 Å². The molecule has 0 aliphatic carbocycles. The number of nitrogens with one attached hydrogen (secondary N) is 3. The molecule has 5 N–H and O–H groups in total. The summed E-state index contributed by atoms with van der Waals surface area (Å²) < 4.78 is 0. The lowest BCUT2D eigenvalue weighted by Crippen LogP contribution is -2.16. The number of nitrogens with zero attached hydrogens (tertiary/aromatic N) is 1. The average Bonchev–Trinajstić information content (AvgIpc) is 2.60. The van der Waals surface area contributed by atoms with Crippen LogP contribution in [0.4, 0.5) is 5.82 Å². The normalized spacial score (nSPS) is 11.1. The highest BCUT2D eigenvalue weighted by molar-refractivity contribution is 6.09. The standard InChI is InChI=1S/C19H23N5O/c1-12-4-5-14(6-13(12)2)9-23-19-17(18(21)25)7-15(11-24-19)16(8-20)10-22-3/h4-8,10-11,20,22H,9H2,1-3H3,(H2,21,25)(H,23,24)/b16-10+,20-8?. The summed E-state index contributed by atoms with van der Waals surface area (Å²) in [5.41, 5.74) is 10.6. The summed E-state index contributed by atoms with van der Waals surface area (Å²) in [6, 6.07) is 7.85. The minimum atomic E-state index is -0.564. The lowest BCUT2D eigenvalue weighted by molar-refractivity contribution is 0.100. The van der Waals surface area contributed by atoms with Gasteiger partial charge < -0.3 is 21.8 Å². The first-order valence-electron chi connectivity index (χ1n) is 7.94. The van der Waals surface area contributed by atoms with Crippen molar-refractivity contribution in [1.29, 1.82) is 5.41 Å². The van der Waals surface area contributed by atoms with E-state index in [0.29, 0.717) is 29.1 Å². The number of hydrogen-bond donors (Lipinski definition) is 4. The van der Waals surface area contributed by atoms with E-state index in [2.05, 4.69) is 41.6 Å². The molecule has 6 nitrogen and oxygen atoms in total. The van der Waals surface area contributed by atoms with Crippen LogP contribution >= 0.6 is 0 Å². The van der Waals surface area contributed by atoms with Crippen molar-refractivity contribution >= 4 is 23.5 Å². The van der Waals surface area contributed by atoms with Gasteiger partial charge in [-0.05, 0) is 36.6 Å². The Labute approximate surface area is 147 Å². The Morgan fingerprint density at radius 1 is 1.28 bits per heavy atom. The molecule has 0 spiro atoms. The van der Waals surface area contributed by atoms with Crippen LogP contribution in [0, 0.1) is 19.3 Å². The number of aryl methyl sites for hydroxylation is 2. The molecule has 2 aromatic rings. The fourth-order valence-corrected chi connectivity index (χ4v) is 2.41. The van der Waals surface area contributed by atoms with Gasteiger partial charge in [0.05, 0.1) is 5.56 Å². The smallest absolute Gasteiger partial charge is 0.252 e. The number of pyridine rings is 1. The monoisotopic (exact) mass is 337 g/mol. The number of carbonyl (C=O) groups is 1. The minimum absolute atomic E-state index is 0.296. The molecule has 130 valence electrons. The van der Waals surface area contributed by atoms with Gasteiger partial charge in [-0.25, -0.2) is 4.98 Å². The molecule has 1 aromatic carbocycles. The van der Waals surface area contributed by atoms with E-state index >= 15 is 0 Å². The number of allylic oxidation sites excluding steroid dienone is 1. The lowest BCUT2D eigenvalue weighted by Gasteiger charge is -2.12. The minimum Gasteiger partial charge on any atom is -0.393 e. The molecule has 1 amide bonds. The highest BCUT2D eigenvalue weighted by Crippen LogP contribution is 2.19. The molecule has 0 fully saturated rings. The highest BCUT2D eigenvalue weighted by Gasteiger charge is 2.12. The van der Waals surface area contributed by atoms with E-state index in [-0.39, 0.29) is 0 Å². The quantitative estimate of drug-likeness (QED) is 0.583. The maximum absolute atomic E-state index is 11.8. The molecule has 1 aromatic heterocycles. The summed E-state index contributed by atoms with van der Waals surface area (Å²) >= 11 is 0. The van der Waals surface area contributed by atoms with Gasteiger partial charge in [0.2, 0.25) is 0 Å². The first-order valence-corrected chi connectivity index (χ1v) is 7.94. The zero-order valence-electron chi connectivity index (χ0n) is 14.7. The Hall–Kier alpha value is -3.15. The van der Waals surface area contributed by atoms with Crippen LogP contribution < -0.4 is 16.4 Å². The van der Waals surface area contributed by atoms with Gasteiger partial charge in [-0.2, -0.15) is 0 Å². The molecule has 0 aliphatic heterocycles. The summed E-state index contributed by atoms with van der Waals surface area (Å²) in [5.74, 6) is -0.131. The van der Waals surface area contributed by atoms with Crippen molar-refractivity contribution in [2.24, 2.45) is 5.73 Å². The summed E-state index contributed by atoms with van der Waals surface area (Å²) in [5, 5.41) is 13.5. The third-order valence-electron chi connectivity index (χ3n) is 3.97. The highest BCUT2D eigenvalue weighted by atomic mass is 16.1. The van der Waals surface area contributed by atoms with Crippen LogP contribution in [0.5, 0.6) is 0 Å². The van der Waals surface area contributed by atoms with Crippen LogP contribution in [0.1, 0.15) is 32.6 Å². The fourth-order valence-electron chi connectivity index (χ4n) is 2.41. The lowest BCUT2D eigenvalue weighted by atomic mass is 10.1. The van der Waals surface area contributed by atoms with Crippen molar-refractivity contribution in [1.82, 2.24) is 10.3 Å². The van der Waals surface area contributed by atoms with Gasteiger partial charge in [-0.3, -0.25) is 4.79 Å². The van der Waals surface area contributed by atoms with Gasteiger partial charge in [-0.1, -0.05) is 18.2 Å². The second-order valence-electron chi connectivity index (χ2n) is 5.79. The topological polar surface area (TPSA) is 104 Å². The second kappa shape index (κ2) is 8.10. The third kappa shape index (κ3) is 4.44. The fraction of sp³-hybridized carbons (Fsp3) is 0.211. The van der Waals surface area contributed by atoms with Crippen LogP contribution in [0.2, 0.25) is 0 Å². The Morgan fingerprint density at radius 2 is 2.04 bits per heavy atom. The van der Waals surface area contributed by atoms with Crippen molar-refractivity contribution in [3.05, 3.63) is 64.5 Å². The van der Waals surface area contributed by atoms with E-state index in [4.69, 9.17) is 11.1 Å². The Kier molecular flexibility index (Phi) is 5.89. The molecule has 0 saturated heterocycles. The molecule has 0 saturated carbocycles. The van der Waals surface area contributed by atoms with Gasteiger partial charge in [-0.15, -0.1) is 0 Å². The number of hydrogen-bond acceptors (Lipinski definition) is 5. The van der Waals surface area contributed by atoms with Crippen LogP contribution in [-0.2, 0) is 6.54 Å². The predicted molar refractivity (Wildman–Crippen MR) is 102 cm³/mol. The van der Waals surface area contributed by atoms with Gasteiger partial charge in [0.1, 0.15) is 5.82 Å². The van der Waals surface area contributed by atoms with Crippen molar-refractivity contribution in [3.63, 3.8) is 0 Å². The second-order valence-corrected chi connectivity index (χ2v) is 5.79. The zero-order chi connectivity index (χ0) is 18.4.